The number of fused-ring (bicyclic) bond motifs is 1. The van der Waals surface area contributed by atoms with Gasteiger partial charge in [0.05, 0.1) is 18.6 Å². The lowest BCUT2D eigenvalue weighted by atomic mass is 10.1. The molecule has 0 aliphatic carbocycles. The van der Waals surface area contributed by atoms with Gasteiger partial charge < -0.3 is 21.2 Å². The van der Waals surface area contributed by atoms with Crippen LogP contribution in [0.25, 0.3) is 22.4 Å². The van der Waals surface area contributed by atoms with Crippen molar-refractivity contribution in [2.24, 2.45) is 16.5 Å². The Bertz CT molecular complexity index is 1110. The van der Waals surface area contributed by atoms with Crippen LogP contribution in [0.5, 0.6) is 0 Å². The van der Waals surface area contributed by atoms with Crippen LogP contribution in [-0.2, 0) is 13.1 Å². The molecule has 0 amide bonds. The number of aromatic nitrogens is 2. The van der Waals surface area contributed by atoms with Gasteiger partial charge in [-0.3, -0.25) is 4.98 Å². The van der Waals surface area contributed by atoms with Gasteiger partial charge in [0.25, 0.3) is 0 Å². The molecule has 10 heteroatoms. The van der Waals surface area contributed by atoms with E-state index in [-0.39, 0.29) is 24.8 Å². The number of rotatable bonds is 5. The van der Waals surface area contributed by atoms with Gasteiger partial charge in [-0.25, -0.2) is 9.98 Å². The number of thiazole rings is 1. The fourth-order valence-electron chi connectivity index (χ4n) is 2.68. The smallest absolute Gasteiger partial charge is 0.195 e. The summed E-state index contributed by atoms with van der Waals surface area (Å²) in [5.74, 6) is 1.69. The summed E-state index contributed by atoms with van der Waals surface area (Å²) >= 11 is 1.43. The van der Waals surface area contributed by atoms with Gasteiger partial charge in [-0.1, -0.05) is 24.3 Å². The van der Waals surface area contributed by atoms with E-state index in [1.165, 1.54) is 11.3 Å². The molecule has 0 spiro atoms. The summed E-state index contributed by atoms with van der Waals surface area (Å²) in [6.07, 6.45) is 1.78. The highest BCUT2D eigenvalue weighted by Gasteiger charge is 2.09. The van der Waals surface area contributed by atoms with Crippen LogP contribution in [0.4, 0.5) is 5.13 Å². The number of hydrogen-bond donors (Lipinski definition) is 3. The van der Waals surface area contributed by atoms with Gasteiger partial charge in [0.2, 0.25) is 0 Å². The van der Waals surface area contributed by atoms with Gasteiger partial charge in [-0.2, -0.15) is 0 Å². The van der Waals surface area contributed by atoms with Crippen molar-refractivity contribution in [2.75, 3.05) is 5.32 Å². The maximum atomic E-state index is 6.02. The fourth-order valence-corrected chi connectivity index (χ4v) is 3.39. The average molecular weight is 451 g/mol. The highest BCUT2D eigenvalue weighted by atomic mass is 35.5. The maximum Gasteiger partial charge on any atom is 0.195 e. The van der Waals surface area contributed by atoms with Crippen LogP contribution in [0.3, 0.4) is 0 Å². The zero-order valence-corrected chi connectivity index (χ0v) is 17.7. The second-order valence-corrected chi connectivity index (χ2v) is 6.68. The van der Waals surface area contributed by atoms with E-state index in [0.717, 1.165) is 27.9 Å². The number of nitrogens with zero attached hydrogens (tertiary/aromatic N) is 3. The molecule has 4 aromatic rings. The molecule has 0 atom stereocenters. The van der Waals surface area contributed by atoms with Gasteiger partial charge in [0.1, 0.15) is 11.5 Å². The van der Waals surface area contributed by atoms with Crippen LogP contribution in [-0.4, -0.2) is 15.9 Å². The first-order valence-electron chi connectivity index (χ1n) is 8.37. The van der Waals surface area contributed by atoms with E-state index in [9.17, 15) is 0 Å². The number of furan rings is 1. The van der Waals surface area contributed by atoms with E-state index in [2.05, 4.69) is 20.3 Å². The molecule has 29 heavy (non-hydrogen) atoms. The predicted octanol–water partition coefficient (Wildman–Crippen LogP) is 4.18. The van der Waals surface area contributed by atoms with Crippen molar-refractivity contribution < 1.29 is 4.42 Å². The third kappa shape index (κ3) is 5.24. The third-order valence-corrected chi connectivity index (χ3v) is 4.75. The Hall–Kier alpha value is -2.65. The van der Waals surface area contributed by atoms with Crippen molar-refractivity contribution in [1.29, 1.82) is 0 Å². The first-order valence-corrected chi connectivity index (χ1v) is 9.25. The highest BCUT2D eigenvalue weighted by Crippen LogP contribution is 2.26. The Morgan fingerprint density at radius 1 is 1.14 bits per heavy atom. The number of guanidine groups is 1. The Morgan fingerprint density at radius 2 is 1.97 bits per heavy atom. The number of para-hydroxylation sites is 1. The lowest BCUT2D eigenvalue weighted by Crippen LogP contribution is -2.22. The van der Waals surface area contributed by atoms with E-state index in [0.29, 0.717) is 29.9 Å². The molecule has 3 heterocycles. The van der Waals surface area contributed by atoms with Crippen molar-refractivity contribution in [3.63, 3.8) is 0 Å². The summed E-state index contributed by atoms with van der Waals surface area (Å²) in [7, 11) is 0. The van der Waals surface area contributed by atoms with Gasteiger partial charge in [0, 0.05) is 17.0 Å². The van der Waals surface area contributed by atoms with E-state index in [1.807, 2.05) is 47.8 Å². The SMILES string of the molecule is Cl.Cl.NCc1ccc(-c2csc(NC(N)=NCc3cccc4cccnc34)n2)o1. The largest absolute Gasteiger partial charge is 0.458 e. The van der Waals surface area contributed by atoms with Crippen molar-refractivity contribution in [3.8, 4) is 11.5 Å². The summed E-state index contributed by atoms with van der Waals surface area (Å²) in [5, 5.41) is 6.64. The molecule has 4 rings (SSSR count). The zero-order valence-electron chi connectivity index (χ0n) is 15.2. The Kier molecular flexibility index (Phi) is 7.98. The fraction of sp³-hybridized carbons (Fsp3) is 0.105. The number of nitrogens with one attached hydrogen (secondary N) is 1. The van der Waals surface area contributed by atoms with Crippen LogP contribution in [0.1, 0.15) is 11.3 Å². The minimum Gasteiger partial charge on any atom is -0.458 e. The molecule has 0 unspecified atom stereocenters. The lowest BCUT2D eigenvalue weighted by molar-refractivity contribution is 0.524. The lowest BCUT2D eigenvalue weighted by Gasteiger charge is -2.04. The molecule has 152 valence electrons. The summed E-state index contributed by atoms with van der Waals surface area (Å²) in [5.41, 5.74) is 14.3. The van der Waals surface area contributed by atoms with Gasteiger partial charge in [0.15, 0.2) is 16.9 Å². The van der Waals surface area contributed by atoms with Gasteiger partial charge in [-0.15, -0.1) is 36.2 Å². The van der Waals surface area contributed by atoms with Crippen molar-refractivity contribution >= 4 is 58.1 Å². The number of pyridine rings is 1. The van der Waals surface area contributed by atoms with E-state index < -0.39 is 0 Å². The molecule has 1 aromatic carbocycles. The molecular weight excluding hydrogens is 431 g/mol. The molecule has 3 aromatic heterocycles. The first-order chi connectivity index (χ1) is 13.2. The molecular formula is C19H20Cl2N6OS. The molecule has 0 bridgehead atoms. The number of aliphatic imine (C=N–C) groups is 1. The second kappa shape index (κ2) is 10.2. The molecule has 5 N–H and O–H groups in total. The van der Waals surface area contributed by atoms with Crippen molar-refractivity contribution in [2.45, 2.75) is 13.1 Å². The minimum atomic E-state index is 0. The normalized spacial score (nSPS) is 11.0. The maximum absolute atomic E-state index is 6.02. The monoisotopic (exact) mass is 450 g/mol. The second-order valence-electron chi connectivity index (χ2n) is 5.83. The molecule has 7 nitrogen and oxygen atoms in total. The Labute approximate surface area is 184 Å². The Balaban J connectivity index is 0.00000150. The topological polar surface area (TPSA) is 115 Å². The quantitative estimate of drug-likeness (QED) is 0.310. The standard InChI is InChI=1S/C19H18N6OS.2ClH/c20-9-14-6-7-16(26-14)15-11-27-19(24-15)25-18(21)23-10-13-4-1-3-12-5-2-8-22-17(12)13;;/h1-8,11H,9-10,20H2,(H3,21,23,24,25);2*1H. The molecule has 0 aliphatic rings. The number of halogens is 2. The van der Waals surface area contributed by atoms with Crippen LogP contribution in [0, 0.1) is 0 Å². The summed E-state index contributed by atoms with van der Waals surface area (Å²) in [6.45, 7) is 0.793. The summed E-state index contributed by atoms with van der Waals surface area (Å²) in [4.78, 5) is 13.3. The first kappa shape index (κ1) is 22.6. The number of nitrogens with two attached hydrogens (primary N) is 2. The molecule has 0 radical (unpaired) electrons. The molecule has 0 saturated carbocycles. The van der Waals surface area contributed by atoms with Crippen LogP contribution >= 0.6 is 36.2 Å². The average Bonchev–Trinajstić information content (AvgIpc) is 3.35. The van der Waals surface area contributed by atoms with E-state index in [4.69, 9.17) is 15.9 Å². The number of anilines is 1. The van der Waals surface area contributed by atoms with E-state index in [1.54, 1.807) is 6.20 Å². The van der Waals surface area contributed by atoms with Crippen molar-refractivity contribution in [1.82, 2.24) is 9.97 Å². The number of hydrogen-bond acceptors (Lipinski definition) is 6. The number of benzene rings is 1. The van der Waals surface area contributed by atoms with Crippen LogP contribution in [0.2, 0.25) is 0 Å². The summed E-state index contributed by atoms with van der Waals surface area (Å²) < 4.78 is 5.61. The van der Waals surface area contributed by atoms with Crippen LogP contribution in [0.15, 0.2) is 63.5 Å². The third-order valence-electron chi connectivity index (χ3n) is 3.99. The predicted molar refractivity (Wildman–Crippen MR) is 123 cm³/mol. The van der Waals surface area contributed by atoms with Crippen molar-refractivity contribution in [3.05, 3.63) is 65.4 Å². The van der Waals surface area contributed by atoms with Gasteiger partial charge in [-0.05, 0) is 23.8 Å². The van der Waals surface area contributed by atoms with Gasteiger partial charge >= 0.3 is 0 Å². The molecule has 0 aliphatic heterocycles. The van der Waals surface area contributed by atoms with Crippen LogP contribution < -0.4 is 16.8 Å². The molecule has 0 fully saturated rings. The zero-order chi connectivity index (χ0) is 18.6. The Morgan fingerprint density at radius 3 is 2.76 bits per heavy atom. The summed E-state index contributed by atoms with van der Waals surface area (Å²) in [6, 6.07) is 13.7. The highest BCUT2D eigenvalue weighted by molar-refractivity contribution is 7.14. The molecule has 0 saturated heterocycles. The van der Waals surface area contributed by atoms with E-state index >= 15 is 0 Å². The minimum absolute atomic E-state index is 0.